The molecule has 1 aliphatic carbocycles. The third-order valence-corrected chi connectivity index (χ3v) is 10.3. The van der Waals surface area contributed by atoms with E-state index in [1.165, 1.54) is 34.5 Å². The van der Waals surface area contributed by atoms with E-state index in [0.29, 0.717) is 12.2 Å². The maximum absolute atomic E-state index is 12.1. The zero-order chi connectivity index (χ0) is 13.2. The van der Waals surface area contributed by atoms with Crippen LogP contribution in [-0.2, 0) is 4.79 Å². The standard InChI is InChI=1S/C16H22OSi/c1-4-18(5-2,6-3)16-14(12-15(16)17)13-10-8-7-9-11-13/h7-11H,4-6,12H2,1-3H3. The minimum Gasteiger partial charge on any atom is -0.295 e. The van der Waals surface area contributed by atoms with Crippen molar-refractivity contribution >= 4 is 19.4 Å². The lowest BCUT2D eigenvalue weighted by Gasteiger charge is -2.38. The summed E-state index contributed by atoms with van der Waals surface area (Å²) < 4.78 is 0. The van der Waals surface area contributed by atoms with Crippen molar-refractivity contribution < 1.29 is 4.79 Å². The molecule has 0 atom stereocenters. The molecule has 0 aliphatic heterocycles. The van der Waals surface area contributed by atoms with Crippen molar-refractivity contribution in [3.63, 3.8) is 0 Å². The average Bonchev–Trinajstić information content (AvgIpc) is 2.43. The van der Waals surface area contributed by atoms with Gasteiger partial charge in [0.25, 0.3) is 0 Å². The summed E-state index contributed by atoms with van der Waals surface area (Å²) >= 11 is 0. The van der Waals surface area contributed by atoms with Crippen LogP contribution in [0.4, 0.5) is 0 Å². The molecule has 96 valence electrons. The molecule has 0 amide bonds. The van der Waals surface area contributed by atoms with Gasteiger partial charge in [0.2, 0.25) is 0 Å². The second-order valence-corrected chi connectivity index (χ2v) is 10.3. The first kappa shape index (κ1) is 13.3. The zero-order valence-electron chi connectivity index (χ0n) is 11.6. The van der Waals surface area contributed by atoms with Crippen molar-refractivity contribution in [3.8, 4) is 0 Å². The molecular formula is C16H22OSi. The average molecular weight is 258 g/mol. The van der Waals surface area contributed by atoms with E-state index in [1.54, 1.807) is 0 Å². The Morgan fingerprint density at radius 1 is 1.00 bits per heavy atom. The number of carbonyl (C=O) groups is 1. The summed E-state index contributed by atoms with van der Waals surface area (Å²) in [5.74, 6) is 0.422. The van der Waals surface area contributed by atoms with Gasteiger partial charge in [-0.05, 0) is 16.3 Å². The third kappa shape index (κ3) is 1.99. The smallest absolute Gasteiger partial charge is 0.159 e. The van der Waals surface area contributed by atoms with E-state index in [4.69, 9.17) is 0 Å². The van der Waals surface area contributed by atoms with E-state index >= 15 is 0 Å². The van der Waals surface area contributed by atoms with Crippen molar-refractivity contribution in [2.75, 3.05) is 0 Å². The molecule has 0 N–H and O–H groups in total. The molecule has 1 aliphatic rings. The lowest BCUT2D eigenvalue weighted by atomic mass is 9.90. The van der Waals surface area contributed by atoms with E-state index in [9.17, 15) is 4.79 Å². The van der Waals surface area contributed by atoms with Gasteiger partial charge in [-0.2, -0.15) is 0 Å². The number of hydrogen-bond acceptors (Lipinski definition) is 1. The van der Waals surface area contributed by atoms with E-state index in [1.807, 2.05) is 6.07 Å². The third-order valence-electron chi connectivity index (χ3n) is 4.60. The SMILES string of the molecule is CC[Si](CC)(CC)C1=C(c2ccccc2)CC1=O. The summed E-state index contributed by atoms with van der Waals surface area (Å²) in [6.45, 7) is 6.79. The van der Waals surface area contributed by atoms with E-state index in [-0.39, 0.29) is 0 Å². The summed E-state index contributed by atoms with van der Waals surface area (Å²) in [6.07, 6.45) is 0.661. The van der Waals surface area contributed by atoms with Crippen LogP contribution in [0.2, 0.25) is 18.1 Å². The molecule has 0 heterocycles. The molecule has 0 unspecified atom stereocenters. The molecule has 0 fully saturated rings. The molecule has 1 aromatic carbocycles. The van der Waals surface area contributed by atoms with Crippen LogP contribution in [0.25, 0.3) is 5.57 Å². The molecule has 0 saturated heterocycles. The fourth-order valence-electron chi connectivity index (χ4n) is 3.18. The molecule has 0 bridgehead atoms. The number of hydrogen-bond donors (Lipinski definition) is 0. The Kier molecular flexibility index (Phi) is 3.86. The largest absolute Gasteiger partial charge is 0.295 e. The second kappa shape index (κ2) is 5.23. The summed E-state index contributed by atoms with van der Waals surface area (Å²) in [4.78, 5) is 12.1. The van der Waals surface area contributed by atoms with Crippen molar-refractivity contribution in [3.05, 3.63) is 41.1 Å². The van der Waals surface area contributed by atoms with Crippen LogP contribution in [0.3, 0.4) is 0 Å². The molecule has 2 heteroatoms. The first-order chi connectivity index (χ1) is 8.68. The highest BCUT2D eigenvalue weighted by Crippen LogP contribution is 2.43. The van der Waals surface area contributed by atoms with Crippen molar-refractivity contribution in [2.24, 2.45) is 0 Å². The van der Waals surface area contributed by atoms with Gasteiger partial charge in [-0.15, -0.1) is 0 Å². The fourth-order valence-corrected chi connectivity index (χ4v) is 7.29. The number of carbonyl (C=O) groups excluding carboxylic acids is 1. The molecule has 0 spiro atoms. The normalized spacial score (nSPS) is 15.8. The highest BCUT2D eigenvalue weighted by Gasteiger charge is 2.42. The van der Waals surface area contributed by atoms with Gasteiger partial charge in [0.1, 0.15) is 0 Å². The Hall–Kier alpha value is -1.15. The predicted molar refractivity (Wildman–Crippen MR) is 80.2 cm³/mol. The highest BCUT2D eigenvalue weighted by atomic mass is 28.3. The Bertz CT molecular complexity index is 461. The molecule has 0 radical (unpaired) electrons. The van der Waals surface area contributed by atoms with Gasteiger partial charge in [0.15, 0.2) is 5.78 Å². The molecule has 1 aromatic rings. The van der Waals surface area contributed by atoms with Crippen LogP contribution in [0.1, 0.15) is 32.8 Å². The van der Waals surface area contributed by atoms with E-state index < -0.39 is 8.07 Å². The lowest BCUT2D eigenvalue weighted by Crippen LogP contribution is -2.43. The van der Waals surface area contributed by atoms with Crippen LogP contribution < -0.4 is 0 Å². The topological polar surface area (TPSA) is 17.1 Å². The molecule has 2 rings (SSSR count). The number of ketones is 1. The Balaban J connectivity index is 2.49. The van der Waals surface area contributed by atoms with E-state index in [2.05, 4.69) is 45.0 Å². The maximum atomic E-state index is 12.1. The zero-order valence-corrected chi connectivity index (χ0v) is 12.6. The number of allylic oxidation sites excluding steroid dienone is 2. The molecule has 0 aromatic heterocycles. The number of benzene rings is 1. The first-order valence-electron chi connectivity index (χ1n) is 7.00. The van der Waals surface area contributed by atoms with E-state index in [0.717, 1.165) is 0 Å². The predicted octanol–water partition coefficient (Wildman–Crippen LogP) is 4.46. The van der Waals surface area contributed by atoms with Crippen LogP contribution in [0.5, 0.6) is 0 Å². The lowest BCUT2D eigenvalue weighted by molar-refractivity contribution is -0.115. The summed E-state index contributed by atoms with van der Waals surface area (Å²) in [6, 6.07) is 14.0. The van der Waals surface area contributed by atoms with Crippen molar-refractivity contribution in [1.29, 1.82) is 0 Å². The van der Waals surface area contributed by atoms with Gasteiger partial charge >= 0.3 is 0 Å². The van der Waals surface area contributed by atoms with Crippen LogP contribution in [0, 0.1) is 0 Å². The van der Waals surface area contributed by atoms with Gasteiger partial charge in [-0.3, -0.25) is 4.79 Å². The summed E-state index contributed by atoms with van der Waals surface area (Å²) in [5, 5.41) is 1.25. The van der Waals surface area contributed by atoms with Crippen LogP contribution >= 0.6 is 0 Å². The monoisotopic (exact) mass is 258 g/mol. The molecular weight excluding hydrogens is 236 g/mol. The quantitative estimate of drug-likeness (QED) is 0.713. The van der Waals surface area contributed by atoms with Gasteiger partial charge in [0, 0.05) is 6.42 Å². The van der Waals surface area contributed by atoms with Gasteiger partial charge in [-0.25, -0.2) is 0 Å². The van der Waals surface area contributed by atoms with Crippen LogP contribution in [-0.4, -0.2) is 13.9 Å². The fraction of sp³-hybridized carbons (Fsp3) is 0.438. The minimum absolute atomic E-state index is 0.422. The summed E-state index contributed by atoms with van der Waals surface area (Å²) in [7, 11) is -1.51. The van der Waals surface area contributed by atoms with Crippen molar-refractivity contribution in [2.45, 2.75) is 45.3 Å². The van der Waals surface area contributed by atoms with Crippen LogP contribution in [0.15, 0.2) is 35.5 Å². The Morgan fingerprint density at radius 3 is 2.00 bits per heavy atom. The molecule has 18 heavy (non-hydrogen) atoms. The molecule has 0 saturated carbocycles. The Labute approximate surface area is 111 Å². The summed E-state index contributed by atoms with van der Waals surface area (Å²) in [5.41, 5.74) is 2.61. The maximum Gasteiger partial charge on any atom is 0.159 e. The highest BCUT2D eigenvalue weighted by molar-refractivity contribution is 6.92. The second-order valence-electron chi connectivity index (χ2n) is 5.16. The van der Waals surface area contributed by atoms with Gasteiger partial charge in [0.05, 0.1) is 8.07 Å². The first-order valence-corrected chi connectivity index (χ1v) is 9.63. The Morgan fingerprint density at radius 2 is 1.56 bits per heavy atom. The number of Topliss-reactive ketones (excluding diaryl/α,β-unsaturated/α-hetero) is 1. The van der Waals surface area contributed by atoms with Gasteiger partial charge < -0.3 is 0 Å². The molecule has 1 nitrogen and oxygen atoms in total. The van der Waals surface area contributed by atoms with Gasteiger partial charge in [-0.1, -0.05) is 69.2 Å². The van der Waals surface area contributed by atoms with Crippen molar-refractivity contribution in [1.82, 2.24) is 0 Å². The number of rotatable bonds is 5. The minimum atomic E-state index is -1.51.